The van der Waals surface area contributed by atoms with Crippen LogP contribution in [0.1, 0.15) is 45.4 Å². The zero-order chi connectivity index (χ0) is 21.7. The van der Waals surface area contributed by atoms with E-state index in [4.69, 9.17) is 20.9 Å². The van der Waals surface area contributed by atoms with Gasteiger partial charge in [-0.05, 0) is 6.42 Å². The largest absolute Gasteiger partial charge is 0.396 e. The number of rotatable bonds is 7. The maximum atomic E-state index is 9.47. The molecule has 1 saturated heterocycles. The highest BCUT2D eigenvalue weighted by Gasteiger charge is 2.37. The van der Waals surface area contributed by atoms with Gasteiger partial charge in [-0.15, -0.1) is 0 Å². The molecule has 0 saturated carbocycles. The number of ether oxygens (including phenoxy) is 2. The van der Waals surface area contributed by atoms with Crippen LogP contribution >= 0.6 is 21.6 Å². The number of fused-ring (bicyclic) bond motifs is 1. The predicted molar refractivity (Wildman–Crippen MR) is 123 cm³/mol. The van der Waals surface area contributed by atoms with Gasteiger partial charge < -0.3 is 30.6 Å². The van der Waals surface area contributed by atoms with Gasteiger partial charge in [0.2, 0.25) is 0 Å². The van der Waals surface area contributed by atoms with Gasteiger partial charge in [0.05, 0.1) is 29.7 Å². The van der Waals surface area contributed by atoms with E-state index in [2.05, 4.69) is 42.6 Å². The molecule has 3 rings (SSSR count). The number of nitrogens with two attached hydrogens (primary N) is 2. The van der Waals surface area contributed by atoms with Crippen LogP contribution in [0.15, 0.2) is 12.5 Å². The second-order valence-electron chi connectivity index (χ2n) is 7.93. The first-order chi connectivity index (χ1) is 14.3. The molecule has 2 aromatic rings. The number of aliphatic hydroxyl groups excluding tert-OH is 1. The van der Waals surface area contributed by atoms with Gasteiger partial charge in [0, 0.05) is 24.0 Å². The average Bonchev–Trinajstić information content (AvgIpc) is 3.25. The van der Waals surface area contributed by atoms with Crippen LogP contribution in [-0.2, 0) is 9.47 Å². The molecule has 3 atom stereocenters. The molecule has 5 N–H and O–H groups in total. The van der Waals surface area contributed by atoms with Crippen molar-refractivity contribution >= 4 is 38.4 Å². The predicted octanol–water partition coefficient (Wildman–Crippen LogP) is 2.52. The molecule has 1 unspecified atom stereocenters. The minimum absolute atomic E-state index is 0.0376. The van der Waals surface area contributed by atoms with Gasteiger partial charge in [0.15, 0.2) is 0 Å². The van der Waals surface area contributed by atoms with Gasteiger partial charge in [-0.25, -0.2) is 9.97 Å². The summed E-state index contributed by atoms with van der Waals surface area (Å²) >= 11 is 0. The van der Waals surface area contributed by atoms with Crippen LogP contribution < -0.4 is 11.5 Å². The minimum Gasteiger partial charge on any atom is -0.396 e. The molecule has 3 heterocycles. The summed E-state index contributed by atoms with van der Waals surface area (Å²) in [5.74, 6) is 6.83. The lowest BCUT2D eigenvalue weighted by Gasteiger charge is -2.20. The van der Waals surface area contributed by atoms with Crippen LogP contribution in [0.5, 0.6) is 0 Å². The molecule has 0 aromatic carbocycles. The van der Waals surface area contributed by atoms with Crippen LogP contribution in [-0.4, -0.2) is 55.7 Å². The number of hydrogen-bond donors (Lipinski definition) is 3. The van der Waals surface area contributed by atoms with E-state index in [-0.39, 0.29) is 36.3 Å². The van der Waals surface area contributed by atoms with Crippen molar-refractivity contribution in [2.45, 2.75) is 56.8 Å². The first-order valence-corrected chi connectivity index (χ1v) is 12.1. The van der Waals surface area contributed by atoms with Crippen LogP contribution in [0.3, 0.4) is 0 Å². The molecule has 164 valence electrons. The van der Waals surface area contributed by atoms with E-state index in [9.17, 15) is 5.11 Å². The zero-order valence-corrected chi connectivity index (χ0v) is 19.1. The van der Waals surface area contributed by atoms with Gasteiger partial charge in [-0.1, -0.05) is 54.2 Å². The molecular formula is C20H29N5O3S2. The lowest BCUT2D eigenvalue weighted by Crippen LogP contribution is -2.25. The Bertz CT molecular complexity index is 919. The number of nitrogens with zero attached hydrogens (tertiary/aromatic N) is 3. The topological polar surface area (TPSA) is 121 Å². The monoisotopic (exact) mass is 451 g/mol. The first-order valence-electron chi connectivity index (χ1n) is 9.82. The third-order valence-corrected chi connectivity index (χ3v) is 7.50. The van der Waals surface area contributed by atoms with E-state index in [0.717, 1.165) is 5.56 Å². The molecule has 0 spiro atoms. The number of anilines is 1. The second kappa shape index (κ2) is 10.2. The van der Waals surface area contributed by atoms with E-state index in [0.29, 0.717) is 35.6 Å². The van der Waals surface area contributed by atoms with Crippen LogP contribution in [0.4, 0.5) is 5.82 Å². The fraction of sp³-hybridized carbons (Fsp3) is 0.600. The Morgan fingerprint density at radius 2 is 2.20 bits per heavy atom. The van der Waals surface area contributed by atoms with Crippen molar-refractivity contribution in [3.63, 3.8) is 0 Å². The smallest absolute Gasteiger partial charge is 0.148 e. The SMILES string of the molecule is CC(C)(C)SSCO[C@@H]1C[C@H](n2cc(C#CCN)c3c(N)ncnc32)OC1CCO. The third-order valence-electron chi connectivity index (χ3n) is 4.51. The van der Waals surface area contributed by atoms with Gasteiger partial charge in [-0.2, -0.15) is 0 Å². The lowest BCUT2D eigenvalue weighted by atomic mass is 10.1. The van der Waals surface area contributed by atoms with E-state index < -0.39 is 0 Å². The normalized spacial score (nSPS) is 21.7. The summed E-state index contributed by atoms with van der Waals surface area (Å²) < 4.78 is 14.5. The molecule has 0 amide bonds. The maximum Gasteiger partial charge on any atom is 0.148 e. The van der Waals surface area contributed by atoms with Crippen molar-refractivity contribution in [3.05, 3.63) is 18.1 Å². The maximum absolute atomic E-state index is 9.47. The molecule has 2 aromatic heterocycles. The molecule has 1 aliphatic heterocycles. The van der Waals surface area contributed by atoms with E-state index in [1.54, 1.807) is 21.6 Å². The fourth-order valence-electron chi connectivity index (χ4n) is 3.32. The van der Waals surface area contributed by atoms with Crippen molar-refractivity contribution in [2.24, 2.45) is 5.73 Å². The van der Waals surface area contributed by atoms with Crippen molar-refractivity contribution in [1.29, 1.82) is 0 Å². The number of hydrogen-bond acceptors (Lipinski definition) is 9. The Kier molecular flexibility index (Phi) is 7.90. The number of aliphatic hydroxyl groups is 1. The van der Waals surface area contributed by atoms with Crippen LogP contribution in [0, 0.1) is 11.8 Å². The summed E-state index contributed by atoms with van der Waals surface area (Å²) in [6.45, 7) is 6.80. The third kappa shape index (κ3) is 5.60. The molecule has 8 nitrogen and oxygen atoms in total. The molecular weight excluding hydrogens is 422 g/mol. The highest BCUT2D eigenvalue weighted by molar-refractivity contribution is 8.77. The van der Waals surface area contributed by atoms with Gasteiger partial charge in [0.1, 0.15) is 30.0 Å². The summed E-state index contributed by atoms with van der Waals surface area (Å²) in [7, 11) is 3.47. The zero-order valence-electron chi connectivity index (χ0n) is 17.5. The van der Waals surface area contributed by atoms with Gasteiger partial charge >= 0.3 is 0 Å². The summed E-state index contributed by atoms with van der Waals surface area (Å²) in [4.78, 5) is 8.50. The summed E-state index contributed by atoms with van der Waals surface area (Å²) in [5, 5.41) is 10.2. The van der Waals surface area contributed by atoms with Crippen LogP contribution in [0.25, 0.3) is 11.0 Å². The Morgan fingerprint density at radius 1 is 1.40 bits per heavy atom. The lowest BCUT2D eigenvalue weighted by molar-refractivity contribution is -0.0382. The fourth-order valence-corrected chi connectivity index (χ4v) is 5.32. The standard InChI is InChI=1S/C20H29N5O3S2/c1-20(2,3)30-29-12-27-15-9-16(28-14(15)6-8-26)25-10-13(5-4-7-21)17-18(22)23-11-24-19(17)25/h10-11,14-16,26H,6-9,12,21H2,1-3H3,(H2,22,23,24)/t14?,15-,16-/m1/s1. The van der Waals surface area contributed by atoms with Crippen molar-refractivity contribution in [1.82, 2.24) is 14.5 Å². The first kappa shape index (κ1) is 23.2. The van der Waals surface area contributed by atoms with Crippen molar-refractivity contribution in [2.75, 3.05) is 24.8 Å². The molecule has 0 radical (unpaired) electrons. The second-order valence-corrected chi connectivity index (χ2v) is 11.0. The molecule has 0 aliphatic carbocycles. The summed E-state index contributed by atoms with van der Waals surface area (Å²) in [6.07, 6.45) is 3.85. The summed E-state index contributed by atoms with van der Waals surface area (Å²) in [5.41, 5.74) is 13.0. The Labute approximate surface area is 184 Å². The quantitative estimate of drug-likeness (QED) is 0.252. The van der Waals surface area contributed by atoms with E-state index in [1.807, 2.05) is 10.8 Å². The van der Waals surface area contributed by atoms with Crippen molar-refractivity contribution in [3.8, 4) is 11.8 Å². The molecule has 1 aliphatic rings. The van der Waals surface area contributed by atoms with Crippen LogP contribution in [0.2, 0.25) is 0 Å². The Morgan fingerprint density at radius 3 is 2.90 bits per heavy atom. The minimum atomic E-state index is -0.294. The van der Waals surface area contributed by atoms with E-state index in [1.165, 1.54) is 6.33 Å². The number of aromatic nitrogens is 3. The Hall–Kier alpha value is -1.48. The van der Waals surface area contributed by atoms with Gasteiger partial charge in [-0.3, -0.25) is 0 Å². The Balaban J connectivity index is 1.80. The number of nitrogen functional groups attached to an aromatic ring is 1. The molecule has 1 fully saturated rings. The molecule has 10 heteroatoms. The molecule has 0 bridgehead atoms. The highest BCUT2D eigenvalue weighted by atomic mass is 33.1. The highest BCUT2D eigenvalue weighted by Crippen LogP contribution is 2.39. The average molecular weight is 452 g/mol. The molecule has 30 heavy (non-hydrogen) atoms. The van der Waals surface area contributed by atoms with E-state index >= 15 is 0 Å². The summed E-state index contributed by atoms with van der Waals surface area (Å²) in [6, 6.07) is 0. The van der Waals surface area contributed by atoms with Gasteiger partial charge in [0.25, 0.3) is 0 Å². The van der Waals surface area contributed by atoms with Crippen molar-refractivity contribution < 1.29 is 14.6 Å².